The normalized spacial score (nSPS) is 27.4. The Morgan fingerprint density at radius 3 is 2.76 bits per heavy atom. The topological polar surface area (TPSA) is 58.8 Å². The van der Waals surface area contributed by atoms with E-state index in [-0.39, 0.29) is 17.9 Å². The van der Waals surface area contributed by atoms with Gasteiger partial charge in [-0.3, -0.25) is 9.69 Å². The Balaban J connectivity index is 1.80. The van der Waals surface area contributed by atoms with Gasteiger partial charge in [0.05, 0.1) is 12.1 Å². The quantitative estimate of drug-likeness (QED) is 0.825. The summed E-state index contributed by atoms with van der Waals surface area (Å²) in [4.78, 5) is 16.9. The second-order valence-corrected chi connectivity index (χ2v) is 6.53. The van der Waals surface area contributed by atoms with E-state index >= 15 is 0 Å². The highest BCUT2D eigenvalue weighted by Gasteiger charge is 2.27. The highest BCUT2D eigenvalue weighted by Crippen LogP contribution is 2.15. The van der Waals surface area contributed by atoms with E-state index in [1.54, 1.807) is 0 Å². The van der Waals surface area contributed by atoms with Crippen LogP contribution in [0.1, 0.15) is 39.5 Å². The number of nitrogens with two attached hydrogens (primary N) is 1. The van der Waals surface area contributed by atoms with Crippen LogP contribution in [0.25, 0.3) is 0 Å². The van der Waals surface area contributed by atoms with Gasteiger partial charge in [0.15, 0.2) is 0 Å². The zero-order chi connectivity index (χ0) is 15.2. The third-order valence-corrected chi connectivity index (χ3v) is 4.93. The van der Waals surface area contributed by atoms with Crippen LogP contribution in [0.5, 0.6) is 0 Å². The molecule has 0 radical (unpaired) electrons. The van der Waals surface area contributed by atoms with Gasteiger partial charge in [-0.25, -0.2) is 0 Å². The molecule has 2 rings (SSSR count). The lowest BCUT2D eigenvalue weighted by atomic mass is 9.99. The van der Waals surface area contributed by atoms with Crippen LogP contribution in [0.2, 0.25) is 0 Å². The summed E-state index contributed by atoms with van der Waals surface area (Å²) in [6.07, 6.45) is 4.75. The summed E-state index contributed by atoms with van der Waals surface area (Å²) >= 11 is 0. The van der Waals surface area contributed by atoms with Gasteiger partial charge in [0.25, 0.3) is 0 Å². The Morgan fingerprint density at radius 1 is 1.29 bits per heavy atom. The molecule has 0 aromatic rings. The molecule has 2 heterocycles. The molecule has 2 saturated heterocycles. The average molecular weight is 297 g/mol. The maximum absolute atomic E-state index is 12.5. The van der Waals surface area contributed by atoms with E-state index in [2.05, 4.69) is 18.7 Å². The monoisotopic (exact) mass is 297 g/mol. The van der Waals surface area contributed by atoms with Crippen LogP contribution >= 0.6 is 0 Å². The fourth-order valence-electron chi connectivity index (χ4n) is 3.16. The molecule has 5 heteroatoms. The Hall–Kier alpha value is -0.650. The van der Waals surface area contributed by atoms with E-state index in [1.807, 2.05) is 4.90 Å². The van der Waals surface area contributed by atoms with Crippen LogP contribution in [-0.4, -0.2) is 67.2 Å². The van der Waals surface area contributed by atoms with E-state index in [1.165, 1.54) is 12.8 Å². The summed E-state index contributed by atoms with van der Waals surface area (Å²) in [6.45, 7) is 9.71. The van der Waals surface area contributed by atoms with Crippen LogP contribution in [0.4, 0.5) is 0 Å². The Morgan fingerprint density at radius 2 is 2.10 bits per heavy atom. The number of carbonyl (C=O) groups is 1. The third kappa shape index (κ3) is 4.66. The summed E-state index contributed by atoms with van der Waals surface area (Å²) < 4.78 is 5.71. The first kappa shape index (κ1) is 16.7. The molecule has 0 bridgehead atoms. The first-order valence-electron chi connectivity index (χ1n) is 8.50. The lowest BCUT2D eigenvalue weighted by Crippen LogP contribution is -2.48. The van der Waals surface area contributed by atoms with E-state index in [4.69, 9.17) is 10.5 Å². The molecule has 5 nitrogen and oxygen atoms in total. The van der Waals surface area contributed by atoms with Gasteiger partial charge in [0.1, 0.15) is 0 Å². The van der Waals surface area contributed by atoms with Gasteiger partial charge in [-0.2, -0.15) is 0 Å². The number of rotatable bonds is 5. The van der Waals surface area contributed by atoms with Crippen LogP contribution in [0.15, 0.2) is 0 Å². The van der Waals surface area contributed by atoms with Crippen molar-refractivity contribution in [1.82, 2.24) is 9.80 Å². The van der Waals surface area contributed by atoms with Crippen molar-refractivity contribution in [2.75, 3.05) is 39.3 Å². The fourth-order valence-corrected chi connectivity index (χ4v) is 3.16. The standard InChI is InChI=1S/C16H31N3O2/c1-3-13(2)15(17)16(20)19-8-5-7-18(9-10-19)12-14-6-4-11-21-14/h13-15H,3-12,17H2,1-2H3. The molecule has 2 fully saturated rings. The van der Waals surface area contributed by atoms with Crippen molar-refractivity contribution in [1.29, 1.82) is 0 Å². The Labute approximate surface area is 128 Å². The van der Waals surface area contributed by atoms with E-state index < -0.39 is 0 Å². The molecular formula is C16H31N3O2. The highest BCUT2D eigenvalue weighted by molar-refractivity contribution is 5.82. The summed E-state index contributed by atoms with van der Waals surface area (Å²) in [5.74, 6) is 0.382. The van der Waals surface area contributed by atoms with Crippen molar-refractivity contribution in [2.45, 2.75) is 51.7 Å². The van der Waals surface area contributed by atoms with Crippen molar-refractivity contribution >= 4 is 5.91 Å². The molecule has 0 spiro atoms. The molecule has 0 aromatic carbocycles. The Kier molecular flexibility index (Phi) is 6.45. The van der Waals surface area contributed by atoms with Gasteiger partial charge >= 0.3 is 0 Å². The molecule has 21 heavy (non-hydrogen) atoms. The minimum absolute atomic E-state index is 0.128. The second-order valence-electron chi connectivity index (χ2n) is 6.53. The molecule has 3 atom stereocenters. The molecule has 2 N–H and O–H groups in total. The van der Waals surface area contributed by atoms with Gasteiger partial charge < -0.3 is 15.4 Å². The minimum atomic E-state index is -0.347. The number of hydrogen-bond donors (Lipinski definition) is 1. The maximum Gasteiger partial charge on any atom is 0.239 e. The molecule has 122 valence electrons. The van der Waals surface area contributed by atoms with Crippen molar-refractivity contribution in [3.63, 3.8) is 0 Å². The second kappa shape index (κ2) is 8.11. The number of amides is 1. The van der Waals surface area contributed by atoms with Gasteiger partial charge in [-0.1, -0.05) is 20.3 Å². The predicted octanol–water partition coefficient (Wildman–Crippen LogP) is 1.07. The first-order valence-corrected chi connectivity index (χ1v) is 8.50. The predicted molar refractivity (Wildman–Crippen MR) is 84.0 cm³/mol. The lowest BCUT2D eigenvalue weighted by Gasteiger charge is -2.27. The van der Waals surface area contributed by atoms with Gasteiger partial charge in [-0.05, 0) is 31.7 Å². The molecule has 0 aromatic heterocycles. The van der Waals surface area contributed by atoms with E-state index in [9.17, 15) is 4.79 Å². The maximum atomic E-state index is 12.5. The van der Waals surface area contributed by atoms with Crippen LogP contribution in [0.3, 0.4) is 0 Å². The molecule has 2 aliphatic rings. The van der Waals surface area contributed by atoms with Crippen molar-refractivity contribution in [2.24, 2.45) is 11.7 Å². The summed E-state index contributed by atoms with van der Waals surface area (Å²) in [7, 11) is 0. The first-order chi connectivity index (χ1) is 10.1. The molecule has 2 aliphatic heterocycles. The molecule has 3 unspecified atom stereocenters. The zero-order valence-corrected chi connectivity index (χ0v) is 13.6. The van der Waals surface area contributed by atoms with Crippen molar-refractivity contribution < 1.29 is 9.53 Å². The van der Waals surface area contributed by atoms with Crippen LogP contribution in [0, 0.1) is 5.92 Å². The SMILES string of the molecule is CCC(C)C(N)C(=O)N1CCCN(CC2CCCO2)CC1. The van der Waals surface area contributed by atoms with E-state index in [0.717, 1.165) is 52.2 Å². The summed E-state index contributed by atoms with van der Waals surface area (Å²) in [6, 6.07) is -0.347. The Bertz CT molecular complexity index is 331. The van der Waals surface area contributed by atoms with E-state index in [0.29, 0.717) is 6.10 Å². The fraction of sp³-hybridized carbons (Fsp3) is 0.938. The summed E-state index contributed by atoms with van der Waals surface area (Å²) in [5, 5.41) is 0. The number of hydrogen-bond acceptors (Lipinski definition) is 4. The van der Waals surface area contributed by atoms with Crippen molar-refractivity contribution in [3.8, 4) is 0 Å². The average Bonchev–Trinajstić information content (AvgIpc) is 2.89. The molecule has 0 aliphatic carbocycles. The lowest BCUT2D eigenvalue weighted by molar-refractivity contribution is -0.133. The third-order valence-electron chi connectivity index (χ3n) is 4.93. The van der Waals surface area contributed by atoms with Gasteiger partial charge in [0, 0.05) is 32.8 Å². The number of ether oxygens (including phenoxy) is 1. The van der Waals surface area contributed by atoms with Gasteiger partial charge in [0.2, 0.25) is 5.91 Å². The minimum Gasteiger partial charge on any atom is -0.377 e. The van der Waals surface area contributed by atoms with Crippen LogP contribution < -0.4 is 5.73 Å². The van der Waals surface area contributed by atoms with Crippen LogP contribution in [-0.2, 0) is 9.53 Å². The highest BCUT2D eigenvalue weighted by atomic mass is 16.5. The number of carbonyl (C=O) groups excluding carboxylic acids is 1. The molecule has 0 saturated carbocycles. The smallest absolute Gasteiger partial charge is 0.239 e. The molecule has 1 amide bonds. The van der Waals surface area contributed by atoms with Crippen molar-refractivity contribution in [3.05, 3.63) is 0 Å². The largest absolute Gasteiger partial charge is 0.377 e. The van der Waals surface area contributed by atoms with Gasteiger partial charge in [-0.15, -0.1) is 0 Å². The molecular weight excluding hydrogens is 266 g/mol. The summed E-state index contributed by atoms with van der Waals surface area (Å²) in [5.41, 5.74) is 6.10. The zero-order valence-electron chi connectivity index (χ0n) is 13.6. The number of nitrogens with zero attached hydrogens (tertiary/aromatic N) is 2.